The Kier molecular flexibility index (Phi) is 4.94. The van der Waals surface area contributed by atoms with E-state index in [4.69, 9.17) is 9.47 Å². The molecule has 164 valence electrons. The monoisotopic (exact) mass is 433 g/mol. The molecule has 8 heteroatoms. The Hall–Kier alpha value is -2.58. The zero-order chi connectivity index (χ0) is 21.6. The van der Waals surface area contributed by atoms with Crippen LogP contribution in [0.4, 0.5) is 18.9 Å². The number of benzene rings is 2. The SMILES string of the molecule is O=C1Nc2ccc(Cc3ccccc3OC(F)(F)F)cc2C12OCCC(CC1CC1)O2. The topological polar surface area (TPSA) is 56.8 Å². The highest BCUT2D eigenvalue weighted by molar-refractivity contribution is 6.04. The predicted octanol–water partition coefficient (Wildman–Crippen LogP) is 4.89. The second-order valence-corrected chi connectivity index (χ2v) is 8.34. The van der Waals surface area contributed by atoms with Crippen LogP contribution in [0.2, 0.25) is 0 Å². The average Bonchev–Trinajstić information content (AvgIpc) is 3.49. The number of halogens is 3. The van der Waals surface area contributed by atoms with Gasteiger partial charge in [0, 0.05) is 12.0 Å². The first-order valence-electron chi connectivity index (χ1n) is 10.4. The van der Waals surface area contributed by atoms with Gasteiger partial charge in [0.2, 0.25) is 0 Å². The predicted molar refractivity (Wildman–Crippen MR) is 105 cm³/mol. The summed E-state index contributed by atoms with van der Waals surface area (Å²) in [5.41, 5.74) is 2.29. The van der Waals surface area contributed by atoms with Gasteiger partial charge in [-0.25, -0.2) is 0 Å². The molecule has 3 aliphatic rings. The molecule has 1 saturated carbocycles. The van der Waals surface area contributed by atoms with Gasteiger partial charge < -0.3 is 19.5 Å². The Morgan fingerprint density at radius 2 is 1.94 bits per heavy atom. The van der Waals surface area contributed by atoms with Crippen molar-refractivity contribution in [3.05, 3.63) is 59.2 Å². The first kappa shape index (κ1) is 20.3. The molecule has 0 bridgehead atoms. The zero-order valence-electron chi connectivity index (χ0n) is 16.7. The molecule has 2 fully saturated rings. The molecule has 2 aromatic carbocycles. The molecule has 2 aromatic rings. The van der Waals surface area contributed by atoms with Gasteiger partial charge in [-0.3, -0.25) is 4.79 Å². The molecule has 1 aliphatic carbocycles. The summed E-state index contributed by atoms with van der Waals surface area (Å²) in [6.07, 6.45) is -0.579. The molecular weight excluding hydrogens is 411 g/mol. The number of hydrogen-bond acceptors (Lipinski definition) is 4. The molecule has 1 N–H and O–H groups in total. The van der Waals surface area contributed by atoms with E-state index >= 15 is 0 Å². The van der Waals surface area contributed by atoms with Gasteiger partial charge in [-0.05, 0) is 48.1 Å². The maximum absolute atomic E-state index is 12.8. The summed E-state index contributed by atoms with van der Waals surface area (Å²) in [6, 6.07) is 11.3. The van der Waals surface area contributed by atoms with E-state index < -0.39 is 12.1 Å². The zero-order valence-corrected chi connectivity index (χ0v) is 16.7. The van der Waals surface area contributed by atoms with E-state index in [-0.39, 0.29) is 24.2 Å². The maximum atomic E-state index is 12.8. The van der Waals surface area contributed by atoms with Gasteiger partial charge in [-0.2, -0.15) is 0 Å². The summed E-state index contributed by atoms with van der Waals surface area (Å²) in [4.78, 5) is 12.8. The van der Waals surface area contributed by atoms with E-state index in [1.54, 1.807) is 30.3 Å². The number of anilines is 1. The minimum Gasteiger partial charge on any atom is -0.405 e. The van der Waals surface area contributed by atoms with Crippen molar-refractivity contribution in [1.82, 2.24) is 0 Å². The third-order valence-electron chi connectivity index (χ3n) is 5.95. The lowest BCUT2D eigenvalue weighted by Crippen LogP contribution is -2.47. The fraction of sp³-hybridized carbons (Fsp3) is 0.435. The molecule has 2 unspecified atom stereocenters. The van der Waals surface area contributed by atoms with Crippen molar-refractivity contribution >= 4 is 11.6 Å². The van der Waals surface area contributed by atoms with Gasteiger partial charge in [0.05, 0.1) is 18.4 Å². The van der Waals surface area contributed by atoms with Crippen molar-refractivity contribution < 1.29 is 32.2 Å². The van der Waals surface area contributed by atoms with Crippen LogP contribution in [0.5, 0.6) is 5.75 Å². The number of amides is 1. The third kappa shape index (κ3) is 4.14. The van der Waals surface area contributed by atoms with Crippen molar-refractivity contribution in [1.29, 1.82) is 0 Å². The molecule has 1 amide bonds. The fourth-order valence-corrected chi connectivity index (χ4v) is 4.32. The minimum absolute atomic E-state index is 0.0532. The van der Waals surface area contributed by atoms with Crippen molar-refractivity contribution in [3.8, 4) is 5.75 Å². The van der Waals surface area contributed by atoms with E-state index in [1.807, 2.05) is 0 Å². The van der Waals surface area contributed by atoms with Gasteiger partial charge >= 0.3 is 6.36 Å². The molecule has 2 atom stereocenters. The fourth-order valence-electron chi connectivity index (χ4n) is 4.32. The van der Waals surface area contributed by atoms with Crippen LogP contribution in [-0.4, -0.2) is 25.0 Å². The lowest BCUT2D eigenvalue weighted by atomic mass is 9.97. The van der Waals surface area contributed by atoms with Crippen molar-refractivity contribution in [2.75, 3.05) is 11.9 Å². The summed E-state index contributed by atoms with van der Waals surface area (Å²) in [6.45, 7) is 0.413. The molecular formula is C23H22F3NO4. The smallest absolute Gasteiger partial charge is 0.405 e. The van der Waals surface area contributed by atoms with E-state index in [1.165, 1.54) is 25.0 Å². The van der Waals surface area contributed by atoms with Gasteiger partial charge in [0.15, 0.2) is 0 Å². The number of carbonyl (C=O) groups excluding carboxylic acids is 1. The first-order valence-corrected chi connectivity index (χ1v) is 10.4. The number of alkyl halides is 3. The molecule has 31 heavy (non-hydrogen) atoms. The maximum Gasteiger partial charge on any atom is 0.573 e. The number of carbonyl (C=O) groups is 1. The van der Waals surface area contributed by atoms with Crippen LogP contribution in [0.3, 0.4) is 0 Å². The van der Waals surface area contributed by atoms with Crippen LogP contribution in [0.25, 0.3) is 0 Å². The Morgan fingerprint density at radius 3 is 2.71 bits per heavy atom. The van der Waals surface area contributed by atoms with Crippen LogP contribution in [0, 0.1) is 5.92 Å². The van der Waals surface area contributed by atoms with Gasteiger partial charge in [0.25, 0.3) is 11.7 Å². The standard InChI is InChI=1S/C23H22F3NO4/c24-23(25,26)31-20-4-2-1-3-16(20)11-15-7-8-19-18(13-15)22(21(28)27-19)29-10-9-17(30-22)12-14-5-6-14/h1-4,7-8,13-14,17H,5-6,9-12H2,(H,27,28). The number of fused-ring (bicyclic) bond motifs is 2. The minimum atomic E-state index is -4.77. The van der Waals surface area contributed by atoms with E-state index in [2.05, 4.69) is 10.1 Å². The van der Waals surface area contributed by atoms with E-state index in [9.17, 15) is 18.0 Å². The van der Waals surface area contributed by atoms with Gasteiger partial charge in [-0.15, -0.1) is 13.2 Å². The lowest BCUT2D eigenvalue weighted by Gasteiger charge is -2.37. The number of rotatable bonds is 5. The molecule has 2 aliphatic heterocycles. The normalized spacial score (nSPS) is 25.4. The molecule has 1 spiro atoms. The summed E-state index contributed by atoms with van der Waals surface area (Å²) in [7, 11) is 0. The number of hydrogen-bond donors (Lipinski definition) is 1. The highest BCUT2D eigenvalue weighted by Crippen LogP contribution is 2.46. The number of ether oxygens (including phenoxy) is 3. The molecule has 0 radical (unpaired) electrons. The van der Waals surface area contributed by atoms with Gasteiger partial charge in [-0.1, -0.05) is 37.1 Å². The molecule has 0 aromatic heterocycles. The summed E-state index contributed by atoms with van der Waals surface area (Å²) < 4.78 is 54.5. The van der Waals surface area contributed by atoms with Crippen molar-refractivity contribution in [3.63, 3.8) is 0 Å². The van der Waals surface area contributed by atoms with E-state index in [0.29, 0.717) is 29.3 Å². The van der Waals surface area contributed by atoms with Gasteiger partial charge in [0.1, 0.15) is 5.75 Å². The van der Waals surface area contributed by atoms with Crippen LogP contribution in [-0.2, 0) is 26.5 Å². The number of nitrogens with one attached hydrogen (secondary N) is 1. The molecule has 5 nitrogen and oxygen atoms in total. The Balaban J connectivity index is 1.43. The molecule has 1 saturated heterocycles. The lowest BCUT2D eigenvalue weighted by molar-refractivity contribution is -0.281. The Bertz CT molecular complexity index is 1000. The summed E-state index contributed by atoms with van der Waals surface area (Å²) in [5, 5.41) is 2.82. The van der Waals surface area contributed by atoms with E-state index in [0.717, 1.165) is 18.4 Å². The highest BCUT2D eigenvalue weighted by Gasteiger charge is 2.53. The summed E-state index contributed by atoms with van der Waals surface area (Å²) in [5.74, 6) is -1.44. The molecule has 2 heterocycles. The second-order valence-electron chi connectivity index (χ2n) is 8.34. The van der Waals surface area contributed by atoms with Crippen LogP contribution >= 0.6 is 0 Å². The van der Waals surface area contributed by atoms with Crippen LogP contribution < -0.4 is 10.1 Å². The molecule has 5 rings (SSSR count). The quantitative estimate of drug-likeness (QED) is 0.730. The van der Waals surface area contributed by atoms with Crippen molar-refractivity contribution in [2.24, 2.45) is 5.92 Å². The highest BCUT2D eigenvalue weighted by atomic mass is 19.4. The van der Waals surface area contributed by atoms with Crippen molar-refractivity contribution in [2.45, 2.75) is 50.4 Å². The largest absolute Gasteiger partial charge is 0.573 e. The second kappa shape index (κ2) is 7.53. The Labute approximate surface area is 177 Å². The first-order chi connectivity index (χ1) is 14.8. The van der Waals surface area contributed by atoms with Crippen LogP contribution in [0.15, 0.2) is 42.5 Å². The number of para-hydroxylation sites is 1. The third-order valence-corrected chi connectivity index (χ3v) is 5.95. The summed E-state index contributed by atoms with van der Waals surface area (Å²) >= 11 is 0. The Morgan fingerprint density at radius 1 is 1.13 bits per heavy atom. The van der Waals surface area contributed by atoms with Crippen LogP contribution in [0.1, 0.15) is 42.4 Å². The average molecular weight is 433 g/mol.